The Labute approximate surface area is 672 Å². The molecular weight excluding hydrogens is 1410 g/mol. The lowest BCUT2D eigenvalue weighted by Gasteiger charge is -2.56. The van der Waals surface area contributed by atoms with Crippen molar-refractivity contribution in [2.45, 2.75) is 239 Å². The summed E-state index contributed by atoms with van der Waals surface area (Å²) >= 11 is 0. The highest BCUT2D eigenvalue weighted by atomic mass is 16.7. The van der Waals surface area contributed by atoms with E-state index in [-0.39, 0.29) is 90.7 Å². The van der Waals surface area contributed by atoms with Crippen LogP contribution >= 0.6 is 0 Å². The quantitative estimate of drug-likeness (QED) is 0.0702. The van der Waals surface area contributed by atoms with Crippen molar-refractivity contribution in [3.63, 3.8) is 0 Å². The van der Waals surface area contributed by atoms with Gasteiger partial charge in [-0.15, -0.1) is 0 Å². The average molecular weight is 1520 g/mol. The summed E-state index contributed by atoms with van der Waals surface area (Å²) in [5.74, 6) is -0.812. The van der Waals surface area contributed by atoms with Crippen molar-refractivity contribution in [2.24, 2.45) is 35.5 Å². The summed E-state index contributed by atoms with van der Waals surface area (Å²) in [5, 5.41) is 0. The van der Waals surface area contributed by atoms with E-state index in [9.17, 15) is 9.59 Å². The lowest BCUT2D eigenvalue weighted by atomic mass is 9.44. The predicted molar refractivity (Wildman–Crippen MR) is 465 cm³/mol. The summed E-state index contributed by atoms with van der Waals surface area (Å²) in [6, 6.07) is 37.5. The second-order valence-electron chi connectivity index (χ2n) is 42.8. The van der Waals surface area contributed by atoms with Gasteiger partial charge in [0.15, 0.2) is 0 Å². The highest BCUT2D eigenvalue weighted by Crippen LogP contribution is 2.85. The number of methoxy groups -OCH3 is 2. The fraction of sp³-hybridized carbons (Fsp3) is 0.446. The molecule has 6 aliphatic carbocycles. The van der Waals surface area contributed by atoms with Crippen LogP contribution in [-0.4, -0.2) is 77.2 Å². The molecule has 4 fully saturated rings. The van der Waals surface area contributed by atoms with Gasteiger partial charge in [-0.1, -0.05) is 251 Å². The number of epoxide rings is 1. The number of carbonyl (C=O) groups excluding carboxylic acids is 2. The third kappa shape index (κ3) is 11.4. The zero-order valence-corrected chi connectivity index (χ0v) is 71.8. The molecule has 2 N–H and O–H groups in total. The maximum Gasteiger partial charge on any atom is 0.342 e. The molecule has 114 heavy (non-hydrogen) atoms. The zero-order valence-electron chi connectivity index (χ0n) is 71.8. The number of hydrogen-bond donors (Lipinski definition) is 2. The first-order chi connectivity index (χ1) is 53.2. The van der Waals surface area contributed by atoms with Crippen molar-refractivity contribution in [1.82, 2.24) is 39.9 Å². The van der Waals surface area contributed by atoms with Gasteiger partial charge in [-0.25, -0.2) is 39.5 Å². The number of rotatable bonds is 6. The summed E-state index contributed by atoms with van der Waals surface area (Å²) in [7, 11) is 2.77. The fourth-order valence-electron chi connectivity index (χ4n) is 20.7. The van der Waals surface area contributed by atoms with Crippen molar-refractivity contribution in [1.29, 1.82) is 0 Å². The van der Waals surface area contributed by atoms with Gasteiger partial charge >= 0.3 is 11.9 Å². The molecule has 13 heteroatoms. The number of H-pyrrole nitrogens is 2. The van der Waals surface area contributed by atoms with Crippen LogP contribution in [0.5, 0.6) is 0 Å². The number of aromatic amines is 2. The van der Waals surface area contributed by atoms with E-state index in [4.69, 9.17) is 44.1 Å². The molecule has 3 saturated carbocycles. The van der Waals surface area contributed by atoms with E-state index in [2.05, 4.69) is 310 Å². The van der Waals surface area contributed by atoms with E-state index >= 15 is 0 Å². The first kappa shape index (κ1) is 75.6. The van der Waals surface area contributed by atoms with E-state index in [1.807, 2.05) is 0 Å². The Bertz CT molecular complexity index is 5680. The van der Waals surface area contributed by atoms with Gasteiger partial charge in [0.2, 0.25) is 11.2 Å². The van der Waals surface area contributed by atoms with Crippen molar-refractivity contribution in [3.8, 4) is 44.5 Å². The summed E-state index contributed by atoms with van der Waals surface area (Å²) in [5.41, 5.74) is 26.0. The van der Waals surface area contributed by atoms with Crippen LogP contribution in [0.1, 0.15) is 263 Å². The highest BCUT2D eigenvalue weighted by Gasteiger charge is 3.00. The number of allylic oxidation sites excluding steroid dienone is 2. The van der Waals surface area contributed by atoms with E-state index < -0.39 is 23.1 Å². The molecule has 5 aromatic carbocycles. The molecule has 10 atom stereocenters. The summed E-state index contributed by atoms with van der Waals surface area (Å²) in [6.45, 7) is 55.4. The minimum atomic E-state index is -1.33. The maximum atomic E-state index is 13.9. The number of hydrogen-bond acceptors (Lipinski definition) is 11. The molecule has 13 nitrogen and oxygen atoms in total. The minimum Gasteiger partial charge on any atom is -0.467 e. The van der Waals surface area contributed by atoms with Gasteiger partial charge < -0.3 is 24.2 Å². The predicted octanol–water partition coefficient (Wildman–Crippen LogP) is 23.5. The van der Waals surface area contributed by atoms with E-state index in [0.717, 1.165) is 118 Å². The third-order valence-electron chi connectivity index (χ3n) is 27.1. The number of esters is 2. The molecule has 8 unspecified atom stereocenters. The maximum absolute atomic E-state index is 13.9. The molecule has 5 aromatic heterocycles. The molecule has 586 valence electrons. The van der Waals surface area contributed by atoms with Gasteiger partial charge in [0, 0.05) is 57.0 Å². The van der Waals surface area contributed by atoms with Gasteiger partial charge in [0.25, 0.3) is 0 Å². The SMILES string of the molecule is COC(=O)C12OC1(C(=O)OC)C1C2C2C[C@H]1C1C2C2C=C[C@H]1c1nc3cc4nc5c6[nH]c(c(-c7cc(C(C)(C)C)cc(C(C)(C)C)c7)c7nc(c(-c8cc(C(C)(C)C)cc(C(C)(C)C)c8)c8ccc([nH]8)c(-c8cc(C(C)(C)C)cc(C(C)(C)C)c8)c8nc(c6-c6cc(C(C)(C)C)cc(C(C)(C)C)c6)C=C8)C=C7)c5nc4cc3nc12. The molecule has 10 aromatic rings. The number of ether oxygens (including phenoxy) is 3. The molecule has 0 radical (unpaired) electrons. The van der Waals surface area contributed by atoms with Crippen LogP contribution in [0, 0.1) is 35.5 Å². The van der Waals surface area contributed by atoms with Crippen LogP contribution in [-0.2, 0) is 67.1 Å². The van der Waals surface area contributed by atoms with E-state index in [0.29, 0.717) is 22.1 Å². The Morgan fingerprint density at radius 2 is 0.632 bits per heavy atom. The first-order valence-corrected chi connectivity index (χ1v) is 41.4. The summed E-state index contributed by atoms with van der Waals surface area (Å²) in [4.78, 5) is 72.1. The van der Waals surface area contributed by atoms with Crippen LogP contribution in [0.3, 0.4) is 0 Å². The third-order valence-corrected chi connectivity index (χ3v) is 27.1. The van der Waals surface area contributed by atoms with Crippen LogP contribution in [0.2, 0.25) is 0 Å². The molecule has 0 spiro atoms. The van der Waals surface area contributed by atoms with Crippen LogP contribution in [0.15, 0.2) is 109 Å². The van der Waals surface area contributed by atoms with E-state index in [1.54, 1.807) is 0 Å². The number of nitrogens with zero attached hydrogens (tertiary/aromatic N) is 6. The Morgan fingerprint density at radius 3 is 0.912 bits per heavy atom. The second kappa shape index (κ2) is 24.4. The van der Waals surface area contributed by atoms with Crippen molar-refractivity contribution < 1.29 is 23.8 Å². The Kier molecular flexibility index (Phi) is 16.2. The number of benzene rings is 5. The molecule has 9 aliphatic rings. The van der Waals surface area contributed by atoms with Crippen LogP contribution in [0.4, 0.5) is 0 Å². The van der Waals surface area contributed by atoms with Gasteiger partial charge in [0.05, 0.1) is 81.5 Å². The summed E-state index contributed by atoms with van der Waals surface area (Å²) < 4.78 is 17.4. The van der Waals surface area contributed by atoms with E-state index in [1.165, 1.54) is 58.7 Å². The second-order valence-corrected chi connectivity index (χ2v) is 42.8. The molecule has 3 aliphatic heterocycles. The number of carbonyl (C=O) groups is 2. The molecular formula is C101H112N8O5. The summed E-state index contributed by atoms with van der Waals surface area (Å²) in [6.07, 6.45) is 14.5. The van der Waals surface area contributed by atoms with Crippen LogP contribution < -0.4 is 0 Å². The number of fused-ring (bicyclic) bond motifs is 21. The van der Waals surface area contributed by atoms with Gasteiger partial charge in [-0.05, 0) is 189 Å². The lowest BCUT2D eigenvalue weighted by Crippen LogP contribution is -2.68. The topological polar surface area (TPSA) is 174 Å². The normalized spacial score (nSPS) is 23.5. The highest BCUT2D eigenvalue weighted by molar-refractivity contribution is 6.16. The minimum absolute atomic E-state index is 0.0593. The first-order valence-electron chi connectivity index (χ1n) is 41.4. The molecule has 8 heterocycles. The Hall–Kier alpha value is -9.72. The molecule has 12 bridgehead atoms. The smallest absolute Gasteiger partial charge is 0.342 e. The Balaban J connectivity index is 1.00. The van der Waals surface area contributed by atoms with Gasteiger partial charge in [-0.2, -0.15) is 0 Å². The zero-order chi connectivity index (χ0) is 81.3. The van der Waals surface area contributed by atoms with Crippen LogP contribution in [0.25, 0.3) is 124 Å². The fourth-order valence-corrected chi connectivity index (χ4v) is 20.7. The lowest BCUT2D eigenvalue weighted by molar-refractivity contribution is -0.168. The molecule has 0 amide bonds. The van der Waals surface area contributed by atoms with Crippen molar-refractivity contribution in [2.75, 3.05) is 14.2 Å². The van der Waals surface area contributed by atoms with Crippen molar-refractivity contribution in [3.05, 3.63) is 188 Å². The molecule has 19 rings (SSSR count). The largest absolute Gasteiger partial charge is 0.467 e. The number of aromatic nitrogens is 8. The number of nitrogens with one attached hydrogen (secondary N) is 2. The van der Waals surface area contributed by atoms with Gasteiger partial charge in [0.1, 0.15) is 11.0 Å². The van der Waals surface area contributed by atoms with Crippen molar-refractivity contribution >= 4 is 91.4 Å². The van der Waals surface area contributed by atoms with Gasteiger partial charge in [-0.3, -0.25) is 0 Å². The average Bonchev–Trinajstić information content (AvgIpc) is 1.42. The molecule has 1 saturated heterocycles. The standard InChI is InChI=1S/C101H112N8O5/c1-92(2,3)54-35-50(36-55(43-54)93(4,5)6)76-66-29-30-67(102-66)77(51-37-56(94(7,8)9)44-57(38-51)95(10,11)12)69-32-34-71(104-69)79(53-41-60(98(19,20)21)46-61(42-53)99(22,23)24)87-89-88(86(109-87)78(70-33-31-68(76)103-70)52-39-58(96(13,14)15)45-59(40-52)97(16,17)18)107-74-48-72-73(49-75(74)108-89)106-85-63-28-27-62(84(85)105-72)80-64-47-65(81(63)80)83-82(64)100(90(110)112-25)101(83,114-100)91(111)113-26/h27-46,48-49,62-65,80-83,102,109H,47H2,1-26H3/t62-,63?,64+,65?,80?,81?,82?,83?,100?,101?/m1/s1. The monoisotopic (exact) mass is 1520 g/mol. The Morgan fingerprint density at radius 1 is 0.360 bits per heavy atom.